The number of halogens is 4. The standard InChI is InChI=1S/C23H23F3N2O2.ClH/c1-16(20-8-3-4-11-27-20)28-14-17-9-10-21(22(13-17)29-2)30-15-18-6-5-7-19(12-18)23(24,25)26;/h3-13,16,28H,14-15H2,1-2H3;1H. The van der Waals surface area contributed by atoms with Crippen LogP contribution in [0.25, 0.3) is 0 Å². The minimum absolute atomic E-state index is 0. The van der Waals surface area contributed by atoms with Crippen molar-refractivity contribution >= 4 is 12.4 Å². The average Bonchev–Trinajstić information content (AvgIpc) is 2.76. The summed E-state index contributed by atoms with van der Waals surface area (Å²) >= 11 is 0. The Kier molecular flexibility index (Phi) is 8.71. The summed E-state index contributed by atoms with van der Waals surface area (Å²) < 4.78 is 49.7. The highest BCUT2D eigenvalue weighted by atomic mass is 35.5. The molecule has 1 aromatic heterocycles. The maximum atomic E-state index is 12.9. The second-order valence-corrected chi connectivity index (χ2v) is 6.83. The average molecular weight is 453 g/mol. The molecule has 0 spiro atoms. The van der Waals surface area contributed by atoms with E-state index in [-0.39, 0.29) is 25.1 Å². The molecule has 1 unspecified atom stereocenters. The van der Waals surface area contributed by atoms with Gasteiger partial charge >= 0.3 is 6.18 Å². The number of alkyl halides is 3. The molecule has 0 aliphatic rings. The van der Waals surface area contributed by atoms with Crippen LogP contribution in [0.3, 0.4) is 0 Å². The number of pyridine rings is 1. The topological polar surface area (TPSA) is 43.4 Å². The molecule has 2 aromatic carbocycles. The van der Waals surface area contributed by atoms with Crippen molar-refractivity contribution in [2.45, 2.75) is 32.3 Å². The van der Waals surface area contributed by atoms with Crippen molar-refractivity contribution in [3.05, 3.63) is 89.2 Å². The van der Waals surface area contributed by atoms with Gasteiger partial charge in [-0.3, -0.25) is 4.98 Å². The lowest BCUT2D eigenvalue weighted by Crippen LogP contribution is -2.19. The van der Waals surface area contributed by atoms with E-state index < -0.39 is 11.7 Å². The van der Waals surface area contributed by atoms with E-state index in [4.69, 9.17) is 9.47 Å². The minimum Gasteiger partial charge on any atom is -0.493 e. The summed E-state index contributed by atoms with van der Waals surface area (Å²) in [5.74, 6) is 0.989. The molecule has 0 bridgehead atoms. The number of nitrogens with one attached hydrogen (secondary N) is 1. The molecule has 0 amide bonds. The lowest BCUT2D eigenvalue weighted by Gasteiger charge is -2.15. The Morgan fingerprint density at radius 2 is 1.77 bits per heavy atom. The molecule has 1 N–H and O–H groups in total. The number of nitrogens with zero attached hydrogens (tertiary/aromatic N) is 1. The molecule has 3 aromatic rings. The van der Waals surface area contributed by atoms with Crippen molar-refractivity contribution in [3.8, 4) is 11.5 Å². The molecular weight excluding hydrogens is 429 g/mol. The first kappa shape index (κ1) is 24.5. The molecular formula is C23H24ClF3N2O2. The van der Waals surface area contributed by atoms with E-state index in [0.29, 0.717) is 23.6 Å². The van der Waals surface area contributed by atoms with Crippen LogP contribution in [0.1, 0.15) is 35.3 Å². The third-order valence-electron chi connectivity index (χ3n) is 4.62. The highest BCUT2D eigenvalue weighted by Crippen LogP contribution is 2.31. The quantitative estimate of drug-likeness (QED) is 0.458. The van der Waals surface area contributed by atoms with Crippen molar-refractivity contribution in [3.63, 3.8) is 0 Å². The van der Waals surface area contributed by atoms with Gasteiger partial charge in [-0.1, -0.05) is 24.3 Å². The number of hydrogen-bond acceptors (Lipinski definition) is 4. The summed E-state index contributed by atoms with van der Waals surface area (Å²) in [4.78, 5) is 4.34. The zero-order valence-corrected chi connectivity index (χ0v) is 18.0. The summed E-state index contributed by atoms with van der Waals surface area (Å²) in [5.41, 5.74) is 1.67. The summed E-state index contributed by atoms with van der Waals surface area (Å²) in [7, 11) is 1.53. The first-order valence-corrected chi connectivity index (χ1v) is 9.47. The van der Waals surface area contributed by atoms with Gasteiger partial charge in [0.2, 0.25) is 0 Å². The van der Waals surface area contributed by atoms with Crippen LogP contribution in [0.5, 0.6) is 11.5 Å². The Hall–Kier alpha value is -2.77. The normalized spacial score (nSPS) is 12.0. The van der Waals surface area contributed by atoms with Gasteiger partial charge < -0.3 is 14.8 Å². The largest absolute Gasteiger partial charge is 0.493 e. The first-order chi connectivity index (χ1) is 14.4. The first-order valence-electron chi connectivity index (χ1n) is 9.47. The number of rotatable bonds is 8. The molecule has 3 rings (SSSR count). The van der Waals surface area contributed by atoms with Crippen LogP contribution in [-0.2, 0) is 19.3 Å². The number of benzene rings is 2. The molecule has 0 saturated heterocycles. The highest BCUT2D eigenvalue weighted by Gasteiger charge is 2.30. The Balaban J connectivity index is 0.00000341. The summed E-state index contributed by atoms with van der Waals surface area (Å²) in [6.45, 7) is 2.64. The molecule has 0 aliphatic carbocycles. The fourth-order valence-corrected chi connectivity index (χ4v) is 2.95. The van der Waals surface area contributed by atoms with Crippen LogP contribution in [0.2, 0.25) is 0 Å². The zero-order valence-electron chi connectivity index (χ0n) is 17.1. The van der Waals surface area contributed by atoms with E-state index in [0.717, 1.165) is 23.4 Å². The van der Waals surface area contributed by atoms with Gasteiger partial charge in [0, 0.05) is 18.8 Å². The SMILES string of the molecule is COc1cc(CNC(C)c2ccccn2)ccc1OCc1cccc(C(F)(F)F)c1.Cl. The number of methoxy groups -OCH3 is 1. The molecule has 0 radical (unpaired) electrons. The fraction of sp³-hybridized carbons (Fsp3) is 0.261. The number of ether oxygens (including phenoxy) is 2. The molecule has 0 fully saturated rings. The van der Waals surface area contributed by atoms with E-state index in [9.17, 15) is 13.2 Å². The van der Waals surface area contributed by atoms with Gasteiger partial charge in [0.05, 0.1) is 18.4 Å². The van der Waals surface area contributed by atoms with E-state index >= 15 is 0 Å². The van der Waals surface area contributed by atoms with Crippen molar-refractivity contribution in [2.24, 2.45) is 0 Å². The van der Waals surface area contributed by atoms with Crippen molar-refractivity contribution < 1.29 is 22.6 Å². The third kappa shape index (κ3) is 6.87. The van der Waals surface area contributed by atoms with Crippen molar-refractivity contribution in [2.75, 3.05) is 7.11 Å². The number of hydrogen-bond donors (Lipinski definition) is 1. The molecule has 31 heavy (non-hydrogen) atoms. The Morgan fingerprint density at radius 3 is 2.45 bits per heavy atom. The summed E-state index contributed by atoms with van der Waals surface area (Å²) in [5, 5.41) is 3.40. The van der Waals surface area contributed by atoms with E-state index in [2.05, 4.69) is 10.3 Å². The highest BCUT2D eigenvalue weighted by molar-refractivity contribution is 5.85. The Morgan fingerprint density at radius 1 is 0.968 bits per heavy atom. The second kappa shape index (κ2) is 11.0. The molecule has 0 aliphatic heterocycles. The van der Waals surface area contributed by atoms with Crippen LogP contribution >= 0.6 is 12.4 Å². The van der Waals surface area contributed by atoms with Crippen LogP contribution in [0.15, 0.2) is 66.9 Å². The molecule has 4 nitrogen and oxygen atoms in total. The maximum absolute atomic E-state index is 12.9. The second-order valence-electron chi connectivity index (χ2n) is 6.83. The lowest BCUT2D eigenvalue weighted by atomic mass is 10.1. The third-order valence-corrected chi connectivity index (χ3v) is 4.62. The molecule has 166 valence electrons. The van der Waals surface area contributed by atoms with Gasteiger partial charge in [0.15, 0.2) is 11.5 Å². The monoisotopic (exact) mass is 452 g/mol. The van der Waals surface area contributed by atoms with Gasteiger partial charge in [-0.05, 0) is 54.4 Å². The van der Waals surface area contributed by atoms with Crippen LogP contribution < -0.4 is 14.8 Å². The van der Waals surface area contributed by atoms with Crippen LogP contribution in [0, 0.1) is 0 Å². The Labute approximate surface area is 185 Å². The molecule has 8 heteroatoms. The minimum atomic E-state index is -4.38. The summed E-state index contributed by atoms with van der Waals surface area (Å²) in [6.07, 6.45) is -2.62. The van der Waals surface area contributed by atoms with Gasteiger partial charge in [-0.25, -0.2) is 0 Å². The van der Waals surface area contributed by atoms with Crippen molar-refractivity contribution in [1.29, 1.82) is 0 Å². The zero-order chi connectivity index (χ0) is 21.6. The fourth-order valence-electron chi connectivity index (χ4n) is 2.95. The van der Waals surface area contributed by atoms with Gasteiger partial charge in [-0.15, -0.1) is 12.4 Å². The van der Waals surface area contributed by atoms with Crippen molar-refractivity contribution in [1.82, 2.24) is 10.3 Å². The van der Waals surface area contributed by atoms with Crippen LogP contribution in [-0.4, -0.2) is 12.1 Å². The lowest BCUT2D eigenvalue weighted by molar-refractivity contribution is -0.137. The molecule has 1 heterocycles. The maximum Gasteiger partial charge on any atom is 0.416 e. The predicted molar refractivity (Wildman–Crippen MR) is 116 cm³/mol. The van der Waals surface area contributed by atoms with Gasteiger partial charge in [0.1, 0.15) is 6.61 Å². The Bertz CT molecular complexity index is 969. The number of aromatic nitrogens is 1. The van der Waals surface area contributed by atoms with E-state index in [1.54, 1.807) is 18.3 Å². The van der Waals surface area contributed by atoms with Gasteiger partial charge in [-0.2, -0.15) is 13.2 Å². The molecule has 0 saturated carbocycles. The summed E-state index contributed by atoms with van der Waals surface area (Å²) in [6, 6.07) is 16.4. The predicted octanol–water partition coefficient (Wildman–Crippen LogP) is 5.96. The molecule has 1 atom stereocenters. The van der Waals surface area contributed by atoms with Gasteiger partial charge in [0.25, 0.3) is 0 Å². The smallest absolute Gasteiger partial charge is 0.416 e. The van der Waals surface area contributed by atoms with E-state index in [1.807, 2.05) is 37.3 Å². The van der Waals surface area contributed by atoms with Crippen LogP contribution in [0.4, 0.5) is 13.2 Å². The van der Waals surface area contributed by atoms with E-state index in [1.165, 1.54) is 13.2 Å².